The molecule has 0 aliphatic carbocycles. The molecule has 0 atom stereocenters. The van der Waals surface area contributed by atoms with Crippen LogP contribution in [0.25, 0.3) is 32.7 Å². The van der Waals surface area contributed by atoms with Gasteiger partial charge in [0.2, 0.25) is 0 Å². The Hall–Kier alpha value is -1.29. The van der Waals surface area contributed by atoms with Gasteiger partial charge in [-0.1, -0.05) is 60.0 Å². The molecule has 0 aliphatic heterocycles. The summed E-state index contributed by atoms with van der Waals surface area (Å²) in [7, 11) is 1.00. The largest absolute Gasteiger partial charge is 0.508 e. The molecule has 4 rings (SSSR count). The Labute approximate surface area is 227 Å². The van der Waals surface area contributed by atoms with E-state index in [0.717, 1.165) is 52.3 Å². The number of hydrogen-bond donors (Lipinski definition) is 3. The number of aliphatic carboxylic acids is 1. The molecule has 6 heteroatoms. The number of benzene rings is 4. The Morgan fingerprint density at radius 1 is 0.733 bits per heavy atom. The summed E-state index contributed by atoms with van der Waals surface area (Å²) < 4.78 is 0. The van der Waals surface area contributed by atoms with Crippen LogP contribution >= 0.6 is 0 Å². The number of aromatic hydroxyl groups is 1. The van der Waals surface area contributed by atoms with Crippen LogP contribution < -0.4 is 0 Å². The molecular weight excluding hydrogens is 530 g/mol. The zero-order valence-corrected chi connectivity index (χ0v) is 22.7. The summed E-state index contributed by atoms with van der Waals surface area (Å²) in [5.74, 6) is -0.542. The van der Waals surface area contributed by atoms with Crippen molar-refractivity contribution in [3.8, 4) is 16.9 Å². The van der Waals surface area contributed by atoms with Gasteiger partial charge in [-0.25, -0.2) is 0 Å². The molecule has 0 unspecified atom stereocenters. The first-order chi connectivity index (χ1) is 13.5. The summed E-state index contributed by atoms with van der Waals surface area (Å²) in [5.41, 5.74) is 2.79. The van der Waals surface area contributed by atoms with Crippen molar-refractivity contribution in [2.24, 2.45) is 0 Å². The van der Waals surface area contributed by atoms with Gasteiger partial charge in [-0.15, -0.1) is 11.6 Å². The van der Waals surface area contributed by atoms with Crippen molar-refractivity contribution in [3.05, 3.63) is 85.3 Å². The first-order valence-electron chi connectivity index (χ1n) is 8.68. The van der Waals surface area contributed by atoms with Crippen LogP contribution in [-0.2, 0) is 70.2 Å². The SMILES string of the molecule is CC(=O)O.CO.[CH2-]c1ccc2ccccc2c1-c1c(O)ccc2ccccc12.[Y].[Y]. The Balaban J connectivity index is 0.000000950. The second-order valence-corrected chi connectivity index (χ2v) is 6.02. The van der Waals surface area contributed by atoms with Crippen molar-refractivity contribution >= 4 is 27.5 Å². The normalized spacial score (nSPS) is 9.17. The summed E-state index contributed by atoms with van der Waals surface area (Å²) in [5, 5.41) is 29.4. The molecule has 0 saturated carbocycles. The van der Waals surface area contributed by atoms with E-state index in [1.165, 1.54) is 0 Å². The summed E-state index contributed by atoms with van der Waals surface area (Å²) >= 11 is 0. The third-order valence-electron chi connectivity index (χ3n) is 4.17. The van der Waals surface area contributed by atoms with Crippen molar-refractivity contribution in [2.75, 3.05) is 7.11 Å². The molecule has 0 spiro atoms. The van der Waals surface area contributed by atoms with Crippen LogP contribution in [-0.4, -0.2) is 28.4 Å². The van der Waals surface area contributed by atoms with E-state index >= 15 is 0 Å². The number of carboxylic acids is 1. The molecule has 4 aromatic rings. The van der Waals surface area contributed by atoms with Gasteiger partial charge >= 0.3 is 0 Å². The molecule has 4 aromatic carbocycles. The van der Waals surface area contributed by atoms with Crippen molar-refractivity contribution in [1.29, 1.82) is 0 Å². The van der Waals surface area contributed by atoms with Crippen LogP contribution in [0.4, 0.5) is 0 Å². The molecule has 30 heavy (non-hydrogen) atoms. The van der Waals surface area contributed by atoms with E-state index in [0.29, 0.717) is 5.75 Å². The molecule has 4 nitrogen and oxygen atoms in total. The third-order valence-corrected chi connectivity index (χ3v) is 4.17. The van der Waals surface area contributed by atoms with Gasteiger partial charge in [0.25, 0.3) is 5.97 Å². The van der Waals surface area contributed by atoms with Gasteiger partial charge in [0, 0.05) is 79.5 Å². The smallest absolute Gasteiger partial charge is 0.300 e. The van der Waals surface area contributed by atoms with Crippen LogP contribution in [0.5, 0.6) is 5.75 Å². The van der Waals surface area contributed by atoms with Crippen LogP contribution in [0.3, 0.4) is 0 Å². The van der Waals surface area contributed by atoms with Gasteiger partial charge in [-0.2, -0.15) is 18.6 Å². The van der Waals surface area contributed by atoms with Crippen LogP contribution in [0.1, 0.15) is 12.5 Å². The maximum atomic E-state index is 10.5. The minimum atomic E-state index is -0.833. The van der Waals surface area contributed by atoms with E-state index in [-0.39, 0.29) is 65.4 Å². The Morgan fingerprint density at radius 2 is 1.13 bits per heavy atom. The molecule has 0 amide bonds. The number of hydrogen-bond acceptors (Lipinski definition) is 3. The number of rotatable bonds is 1. The van der Waals surface area contributed by atoms with E-state index in [4.69, 9.17) is 15.0 Å². The van der Waals surface area contributed by atoms with Crippen LogP contribution in [0.15, 0.2) is 72.8 Å². The molecule has 0 aromatic heterocycles. The predicted molar refractivity (Wildman–Crippen MR) is 114 cm³/mol. The summed E-state index contributed by atoms with van der Waals surface area (Å²) in [6, 6.07) is 24.1. The van der Waals surface area contributed by atoms with E-state index < -0.39 is 5.97 Å². The fourth-order valence-electron chi connectivity index (χ4n) is 3.13. The van der Waals surface area contributed by atoms with Gasteiger partial charge < -0.3 is 15.3 Å². The molecule has 3 N–H and O–H groups in total. The van der Waals surface area contributed by atoms with Crippen molar-refractivity contribution in [2.45, 2.75) is 6.92 Å². The molecule has 0 bridgehead atoms. The molecule has 150 valence electrons. The van der Waals surface area contributed by atoms with Gasteiger partial charge in [0.05, 0.1) is 0 Å². The zero-order chi connectivity index (χ0) is 20.7. The average molecular weight is 553 g/mol. The standard InChI is InChI=1S/C21H15O.C2H4O2.CH4O.2Y/c1-14-10-11-15-6-2-4-8-17(15)20(14)21-18-9-5-3-7-16(18)12-13-19(21)22;1-2(3)4;1-2;;/h2-13,22H,1H2;1H3,(H,3,4);2H,1H3;;/q-1;;;;. The maximum Gasteiger partial charge on any atom is 0.300 e. The fourth-order valence-corrected chi connectivity index (χ4v) is 3.13. The maximum absolute atomic E-state index is 10.5. The molecule has 0 saturated heterocycles. The number of phenolic OH excluding ortho intramolecular Hbond substituents is 1. The summed E-state index contributed by atoms with van der Waals surface area (Å²) in [6.07, 6.45) is 0. The second kappa shape index (κ2) is 13.9. The van der Waals surface area contributed by atoms with Crippen LogP contribution in [0.2, 0.25) is 0 Å². The topological polar surface area (TPSA) is 77.8 Å². The Kier molecular flexibility index (Phi) is 13.3. The zero-order valence-electron chi connectivity index (χ0n) is 17.0. The number of carboxylic acid groups (broad SMARTS) is 1. The molecule has 2 radical (unpaired) electrons. The second-order valence-electron chi connectivity index (χ2n) is 6.02. The van der Waals surface area contributed by atoms with E-state index in [9.17, 15) is 5.11 Å². The minimum Gasteiger partial charge on any atom is -0.508 e. The van der Waals surface area contributed by atoms with E-state index in [2.05, 4.69) is 31.2 Å². The molecular formula is C24H23O4Y2-. The number of aliphatic hydroxyl groups is 1. The van der Waals surface area contributed by atoms with Gasteiger partial charge in [0.1, 0.15) is 5.75 Å². The first-order valence-corrected chi connectivity index (χ1v) is 8.68. The summed E-state index contributed by atoms with van der Waals surface area (Å²) in [6.45, 7) is 5.27. The van der Waals surface area contributed by atoms with Crippen molar-refractivity contribution in [3.63, 3.8) is 0 Å². The Bertz CT molecular complexity index is 1020. The van der Waals surface area contributed by atoms with Crippen molar-refractivity contribution in [1.82, 2.24) is 0 Å². The molecule has 0 heterocycles. The fraction of sp³-hybridized carbons (Fsp3) is 0.0833. The van der Waals surface area contributed by atoms with E-state index in [1.54, 1.807) is 6.07 Å². The monoisotopic (exact) mass is 553 g/mol. The van der Waals surface area contributed by atoms with Gasteiger partial charge in [-0.05, 0) is 27.8 Å². The summed E-state index contributed by atoms with van der Waals surface area (Å²) in [4.78, 5) is 9.00. The van der Waals surface area contributed by atoms with Gasteiger partial charge in [-0.3, -0.25) is 4.79 Å². The number of phenols is 1. The third kappa shape index (κ3) is 6.86. The van der Waals surface area contributed by atoms with E-state index in [1.807, 2.05) is 42.5 Å². The average Bonchev–Trinajstić information content (AvgIpc) is 2.70. The molecule has 0 aliphatic rings. The van der Waals surface area contributed by atoms with Gasteiger partial charge in [0.15, 0.2) is 0 Å². The number of aliphatic hydroxyl groups excluding tert-OH is 1. The minimum absolute atomic E-state index is 0. The predicted octanol–water partition coefficient (Wildman–Crippen LogP) is 5.24. The quantitative estimate of drug-likeness (QED) is 0.282. The number of fused-ring (bicyclic) bond motifs is 2. The van der Waals surface area contributed by atoms with Crippen molar-refractivity contribution < 1.29 is 85.5 Å². The number of carbonyl (C=O) groups is 1. The Morgan fingerprint density at radius 3 is 1.63 bits per heavy atom. The van der Waals surface area contributed by atoms with Crippen LogP contribution in [0, 0.1) is 6.92 Å². The molecule has 0 fully saturated rings. The first kappa shape index (κ1) is 28.7.